The Labute approximate surface area is 178 Å². The first-order valence-electron chi connectivity index (χ1n) is 9.87. The number of para-hydroxylation sites is 1. The number of fused-ring (bicyclic) bond motifs is 3. The molecule has 0 unspecified atom stereocenters. The van der Waals surface area contributed by atoms with Gasteiger partial charge in [0.05, 0.1) is 31.5 Å². The van der Waals surface area contributed by atoms with E-state index in [9.17, 15) is 4.79 Å². The van der Waals surface area contributed by atoms with Crippen LogP contribution in [0.2, 0.25) is 0 Å². The summed E-state index contributed by atoms with van der Waals surface area (Å²) >= 11 is 0. The number of nitrogens with zero attached hydrogens (tertiary/aromatic N) is 4. The second kappa shape index (κ2) is 7.60. The van der Waals surface area contributed by atoms with E-state index in [1.807, 2.05) is 77.6 Å². The van der Waals surface area contributed by atoms with Crippen LogP contribution < -0.4 is 19.6 Å². The maximum Gasteiger partial charge on any atom is 0.266 e. The lowest BCUT2D eigenvalue weighted by Gasteiger charge is -2.11. The van der Waals surface area contributed by atoms with E-state index in [1.165, 1.54) is 0 Å². The van der Waals surface area contributed by atoms with Crippen LogP contribution in [0.5, 0.6) is 11.5 Å². The van der Waals surface area contributed by atoms with Gasteiger partial charge in [-0.1, -0.05) is 18.2 Å². The minimum atomic E-state index is -0.0764. The number of methoxy groups -OCH3 is 2. The summed E-state index contributed by atoms with van der Waals surface area (Å²) in [6.45, 7) is 0.612. The van der Waals surface area contributed by atoms with Crippen molar-refractivity contribution < 1.29 is 14.0 Å². The number of rotatable bonds is 5. The van der Waals surface area contributed by atoms with E-state index in [1.54, 1.807) is 29.5 Å². The summed E-state index contributed by atoms with van der Waals surface area (Å²) in [5.74, 6) is 1.37. The molecule has 0 aliphatic carbocycles. The van der Waals surface area contributed by atoms with Gasteiger partial charge in [-0.25, -0.2) is 4.52 Å². The fraction of sp³-hybridized carbons (Fsp3) is 0.125. The van der Waals surface area contributed by atoms with Crippen molar-refractivity contribution >= 4 is 16.6 Å². The molecule has 0 bridgehead atoms. The predicted molar refractivity (Wildman–Crippen MR) is 117 cm³/mol. The predicted octanol–water partition coefficient (Wildman–Crippen LogP) is 2.99. The van der Waals surface area contributed by atoms with Gasteiger partial charge in [0.15, 0.2) is 30.4 Å². The van der Waals surface area contributed by atoms with Crippen LogP contribution >= 0.6 is 0 Å². The molecule has 0 radical (unpaired) electrons. The summed E-state index contributed by atoms with van der Waals surface area (Å²) < 4.78 is 16.2. The van der Waals surface area contributed by atoms with E-state index in [-0.39, 0.29) is 5.56 Å². The molecular formula is C24H21N4O3+. The van der Waals surface area contributed by atoms with Crippen LogP contribution in [-0.4, -0.2) is 28.4 Å². The normalized spacial score (nSPS) is 11.2. The van der Waals surface area contributed by atoms with E-state index in [0.29, 0.717) is 29.1 Å². The van der Waals surface area contributed by atoms with Gasteiger partial charge >= 0.3 is 0 Å². The van der Waals surface area contributed by atoms with E-state index < -0.39 is 0 Å². The smallest absolute Gasteiger partial charge is 0.266 e. The molecule has 0 aliphatic heterocycles. The molecule has 31 heavy (non-hydrogen) atoms. The van der Waals surface area contributed by atoms with Gasteiger partial charge in [0, 0.05) is 17.7 Å². The number of aromatic nitrogens is 4. The summed E-state index contributed by atoms with van der Waals surface area (Å²) in [6.07, 6.45) is 5.56. The molecular weight excluding hydrogens is 392 g/mol. The molecule has 3 heterocycles. The maximum absolute atomic E-state index is 13.3. The molecule has 154 valence electrons. The quantitative estimate of drug-likeness (QED) is 0.416. The number of ether oxygens (including phenoxy) is 2. The Balaban J connectivity index is 1.64. The molecule has 5 aromatic rings. The Morgan fingerprint density at radius 2 is 1.77 bits per heavy atom. The average Bonchev–Trinajstić information content (AvgIpc) is 3.29. The zero-order valence-corrected chi connectivity index (χ0v) is 17.2. The fourth-order valence-corrected chi connectivity index (χ4v) is 3.87. The SMILES string of the molecule is COc1ccc(C[n+]2ccc3c(=O)n(-c4ccccc4)c4ccnn4c3c2)cc1OC. The van der Waals surface area contributed by atoms with E-state index >= 15 is 0 Å². The zero-order valence-electron chi connectivity index (χ0n) is 17.2. The van der Waals surface area contributed by atoms with Crippen molar-refractivity contribution in [2.24, 2.45) is 0 Å². The topological polar surface area (TPSA) is 61.6 Å². The molecule has 3 aromatic heterocycles. The highest BCUT2D eigenvalue weighted by atomic mass is 16.5. The molecule has 5 rings (SSSR count). The van der Waals surface area contributed by atoms with Crippen molar-refractivity contribution in [2.45, 2.75) is 6.54 Å². The fourth-order valence-electron chi connectivity index (χ4n) is 3.87. The van der Waals surface area contributed by atoms with Crippen molar-refractivity contribution in [1.29, 1.82) is 0 Å². The molecule has 0 spiro atoms. The molecule has 0 amide bonds. The van der Waals surface area contributed by atoms with Gasteiger partial charge in [0.2, 0.25) is 0 Å². The van der Waals surface area contributed by atoms with E-state index in [0.717, 1.165) is 16.8 Å². The Kier molecular flexibility index (Phi) is 4.63. The Morgan fingerprint density at radius 3 is 2.55 bits per heavy atom. The van der Waals surface area contributed by atoms with Gasteiger partial charge in [0.1, 0.15) is 11.2 Å². The Hall–Kier alpha value is -4.13. The van der Waals surface area contributed by atoms with Crippen LogP contribution in [0.25, 0.3) is 22.2 Å². The molecule has 0 saturated heterocycles. The van der Waals surface area contributed by atoms with Crippen LogP contribution in [0.4, 0.5) is 0 Å². The van der Waals surface area contributed by atoms with Crippen molar-refractivity contribution in [1.82, 2.24) is 14.2 Å². The van der Waals surface area contributed by atoms with Crippen LogP contribution in [0.15, 0.2) is 84.0 Å². The number of benzene rings is 2. The standard InChI is InChI=1S/C24H21N4O3/c1-30-21-9-8-17(14-22(21)31-2)15-26-13-11-19-20(16-26)28-23(10-12-25-28)27(24(19)29)18-6-4-3-5-7-18/h3-14,16H,15H2,1-2H3/q+1. The molecule has 0 saturated carbocycles. The minimum absolute atomic E-state index is 0.0764. The summed E-state index contributed by atoms with van der Waals surface area (Å²) in [6, 6.07) is 19.1. The molecule has 0 N–H and O–H groups in total. The third kappa shape index (κ3) is 3.20. The van der Waals surface area contributed by atoms with Crippen LogP contribution in [-0.2, 0) is 6.54 Å². The molecule has 0 fully saturated rings. The van der Waals surface area contributed by atoms with Crippen molar-refractivity contribution in [2.75, 3.05) is 14.2 Å². The Bertz CT molecular complexity index is 1450. The highest BCUT2D eigenvalue weighted by Gasteiger charge is 2.17. The lowest BCUT2D eigenvalue weighted by molar-refractivity contribution is -0.687. The van der Waals surface area contributed by atoms with Gasteiger partial charge in [0.25, 0.3) is 5.56 Å². The lowest BCUT2D eigenvalue weighted by Crippen LogP contribution is -2.34. The molecule has 7 heteroatoms. The van der Waals surface area contributed by atoms with Crippen molar-refractivity contribution in [3.8, 4) is 17.2 Å². The van der Waals surface area contributed by atoms with Gasteiger partial charge in [-0.05, 0) is 30.3 Å². The first-order chi connectivity index (χ1) is 15.2. The second-order valence-electron chi connectivity index (χ2n) is 7.18. The van der Waals surface area contributed by atoms with Crippen LogP contribution in [0, 0.1) is 0 Å². The maximum atomic E-state index is 13.3. The largest absolute Gasteiger partial charge is 0.493 e. The van der Waals surface area contributed by atoms with E-state index in [2.05, 4.69) is 5.10 Å². The first kappa shape index (κ1) is 18.9. The van der Waals surface area contributed by atoms with Gasteiger partial charge in [-0.3, -0.25) is 9.36 Å². The van der Waals surface area contributed by atoms with Crippen molar-refractivity contribution in [3.05, 3.63) is 95.2 Å². The van der Waals surface area contributed by atoms with E-state index in [4.69, 9.17) is 9.47 Å². The third-order valence-corrected chi connectivity index (χ3v) is 5.34. The van der Waals surface area contributed by atoms with Crippen LogP contribution in [0.3, 0.4) is 0 Å². The second-order valence-corrected chi connectivity index (χ2v) is 7.18. The highest BCUT2D eigenvalue weighted by Crippen LogP contribution is 2.27. The molecule has 0 aliphatic rings. The van der Waals surface area contributed by atoms with Gasteiger partial charge in [-0.15, -0.1) is 0 Å². The lowest BCUT2D eigenvalue weighted by atomic mass is 10.2. The Morgan fingerprint density at radius 1 is 0.968 bits per heavy atom. The number of pyridine rings is 1. The van der Waals surface area contributed by atoms with Gasteiger partial charge in [-0.2, -0.15) is 9.67 Å². The highest BCUT2D eigenvalue weighted by molar-refractivity contribution is 5.79. The summed E-state index contributed by atoms with van der Waals surface area (Å²) in [7, 11) is 3.24. The number of hydrogen-bond donors (Lipinski definition) is 0. The van der Waals surface area contributed by atoms with Crippen LogP contribution in [0.1, 0.15) is 5.56 Å². The average molecular weight is 413 g/mol. The minimum Gasteiger partial charge on any atom is -0.493 e. The summed E-state index contributed by atoms with van der Waals surface area (Å²) in [5.41, 5.74) is 3.25. The molecule has 2 aromatic carbocycles. The monoisotopic (exact) mass is 413 g/mol. The number of hydrogen-bond acceptors (Lipinski definition) is 4. The van der Waals surface area contributed by atoms with Gasteiger partial charge < -0.3 is 9.47 Å². The molecule has 7 nitrogen and oxygen atoms in total. The summed E-state index contributed by atoms with van der Waals surface area (Å²) in [5, 5.41) is 5.08. The third-order valence-electron chi connectivity index (χ3n) is 5.34. The first-order valence-corrected chi connectivity index (χ1v) is 9.87. The van der Waals surface area contributed by atoms with Crippen molar-refractivity contribution in [3.63, 3.8) is 0 Å². The molecule has 0 atom stereocenters. The summed E-state index contributed by atoms with van der Waals surface area (Å²) in [4.78, 5) is 13.3. The zero-order chi connectivity index (χ0) is 21.4.